The lowest BCUT2D eigenvalue weighted by molar-refractivity contribution is -0.145. The van der Waals surface area contributed by atoms with Crippen molar-refractivity contribution in [3.8, 4) is 46.0 Å². The normalized spacial score (nSPS) is 16.4. The molecule has 0 spiro atoms. The van der Waals surface area contributed by atoms with Gasteiger partial charge in [0, 0.05) is 56.2 Å². The van der Waals surface area contributed by atoms with E-state index in [-0.39, 0.29) is 196 Å². The minimum Gasteiger partial charge on any atom is -0.463 e. The minimum atomic E-state index is -1.41. The zero-order chi connectivity index (χ0) is 88.5. The second-order valence-corrected chi connectivity index (χ2v) is 41.6. The van der Waals surface area contributed by atoms with E-state index in [0.717, 1.165) is 57.7 Å². The highest BCUT2D eigenvalue weighted by atomic mass is 16.6. The topological polar surface area (TPSA) is 248 Å². The quantitative estimate of drug-likeness (QED) is 0.0125. The molecule has 0 aromatic heterocycles. The number of hydrogen-bond donors (Lipinski definition) is 2. The maximum atomic E-state index is 16.6. The Kier molecular flexibility index (Phi) is 24.9. The Morgan fingerprint density at radius 1 is 0.361 bits per heavy atom. The standard InChI is InChI=1S/C102H124N4O16/c1-23-25-73(89(109)103-45-43-79(107)117-53-67-51-115-67)105-91(111)69-47-75(119-63-35-27-59(28-36-63)99(15,16)55-95(3,4)5)83-85-77(121-65-39-31-61(32-40-65)101(19,20)57-97(9,10)11)49-71-82-72(94(114)106(93(71)113)74(26-24-2)90(110)104-46-44-80(108)118-54-68-52-116-68)50-78(122-66-41-33-62(34-42-66)102(21,22)58-98(12,13)14)86(88(82)85)84-76(48-70(92(105)112)81(69)87(83)84)120-64-37-29-60(30-38-64)100(17,18)56-96(6,7)8/h27-42,47-50,67-68,73-74H,23-26,43-46,51-58H2,1-22H3,(H,103,109)(H,104,110). The first-order valence-electron chi connectivity index (χ1n) is 43.5. The number of hydrogen-bond acceptors (Lipinski definition) is 16. The van der Waals surface area contributed by atoms with Crippen molar-refractivity contribution < 1.29 is 76.3 Å². The predicted molar refractivity (Wildman–Crippen MR) is 477 cm³/mol. The summed E-state index contributed by atoms with van der Waals surface area (Å²) < 4.78 is 51.4. The van der Waals surface area contributed by atoms with Gasteiger partial charge in [0.2, 0.25) is 11.8 Å². The number of esters is 2. The zero-order valence-electron chi connectivity index (χ0n) is 75.6. The molecule has 4 aliphatic rings. The zero-order valence-corrected chi connectivity index (χ0v) is 75.6. The molecule has 0 saturated carbocycles. The van der Waals surface area contributed by atoms with Crippen molar-refractivity contribution in [2.75, 3.05) is 39.5 Å². The first kappa shape index (κ1) is 89.3. The molecule has 2 fully saturated rings. The van der Waals surface area contributed by atoms with E-state index in [0.29, 0.717) is 49.1 Å². The molecule has 4 aliphatic heterocycles. The van der Waals surface area contributed by atoms with Crippen LogP contribution in [0.4, 0.5) is 0 Å². The molecule has 648 valence electrons. The van der Waals surface area contributed by atoms with Gasteiger partial charge in [-0.15, -0.1) is 0 Å². The fraction of sp³-hybridized carbons (Fsp3) is 0.490. The van der Waals surface area contributed by atoms with Gasteiger partial charge in [-0.25, -0.2) is 0 Å². The molecule has 2 N–H and O–H groups in total. The molecule has 122 heavy (non-hydrogen) atoms. The van der Waals surface area contributed by atoms with E-state index in [1.807, 2.05) is 111 Å². The van der Waals surface area contributed by atoms with Crippen molar-refractivity contribution in [1.29, 1.82) is 0 Å². The second-order valence-electron chi connectivity index (χ2n) is 41.6. The molecule has 9 aromatic rings. The molecular formula is C102H124N4O16. The first-order valence-corrected chi connectivity index (χ1v) is 43.5. The van der Waals surface area contributed by atoms with Gasteiger partial charge in [-0.2, -0.15) is 0 Å². The third-order valence-corrected chi connectivity index (χ3v) is 23.6. The smallest absolute Gasteiger partial charge is 0.307 e. The van der Waals surface area contributed by atoms with Gasteiger partial charge in [-0.3, -0.25) is 48.2 Å². The van der Waals surface area contributed by atoms with Crippen molar-refractivity contribution in [3.05, 3.63) is 166 Å². The molecule has 0 bridgehead atoms. The van der Waals surface area contributed by atoms with Gasteiger partial charge < -0.3 is 48.5 Å². The molecule has 0 radical (unpaired) electrons. The van der Waals surface area contributed by atoms with E-state index in [1.54, 1.807) is 24.3 Å². The Labute approximate surface area is 718 Å². The minimum absolute atomic E-state index is 0.0128. The lowest BCUT2D eigenvalue weighted by Gasteiger charge is -2.36. The van der Waals surface area contributed by atoms with Crippen molar-refractivity contribution in [2.24, 2.45) is 21.7 Å². The fourth-order valence-corrected chi connectivity index (χ4v) is 19.5. The summed E-state index contributed by atoms with van der Waals surface area (Å²) in [7, 11) is 0. The number of benzene rings is 9. The lowest BCUT2D eigenvalue weighted by Crippen LogP contribution is -2.54. The third-order valence-electron chi connectivity index (χ3n) is 23.6. The average molecular weight is 1660 g/mol. The summed E-state index contributed by atoms with van der Waals surface area (Å²) in [5, 5.41) is 7.71. The number of ether oxygens (including phenoxy) is 8. The van der Waals surface area contributed by atoms with Crippen molar-refractivity contribution in [3.63, 3.8) is 0 Å². The molecule has 0 aliphatic carbocycles. The van der Waals surface area contributed by atoms with Gasteiger partial charge in [0.05, 0.1) is 48.3 Å². The Morgan fingerprint density at radius 3 is 0.795 bits per heavy atom. The molecule has 4 atom stereocenters. The third kappa shape index (κ3) is 19.8. The molecule has 6 amide bonds. The van der Waals surface area contributed by atoms with Crippen LogP contribution < -0.4 is 29.6 Å². The highest BCUT2D eigenvalue weighted by Crippen LogP contribution is 2.59. The van der Waals surface area contributed by atoms with Crippen LogP contribution in [0.15, 0.2) is 121 Å². The van der Waals surface area contributed by atoms with Crippen LogP contribution in [-0.4, -0.2) is 121 Å². The highest BCUT2D eigenvalue weighted by Gasteiger charge is 2.47. The Balaban J connectivity index is 1.15. The molecule has 9 aromatic carbocycles. The van der Waals surface area contributed by atoms with E-state index in [1.165, 1.54) is 0 Å². The first-order chi connectivity index (χ1) is 57.1. The Hall–Kier alpha value is -10.4. The van der Waals surface area contributed by atoms with Crippen molar-refractivity contribution in [1.82, 2.24) is 20.4 Å². The van der Waals surface area contributed by atoms with Crippen LogP contribution in [0.5, 0.6) is 46.0 Å². The number of carbonyl (C=O) groups excluding carboxylic acids is 8. The van der Waals surface area contributed by atoms with Gasteiger partial charge in [0.1, 0.15) is 83.5 Å². The summed E-state index contributed by atoms with van der Waals surface area (Å²) in [6, 6.07) is 34.9. The summed E-state index contributed by atoms with van der Waals surface area (Å²) in [4.78, 5) is 125. The van der Waals surface area contributed by atoms with Gasteiger partial charge >= 0.3 is 11.9 Å². The maximum Gasteiger partial charge on any atom is 0.307 e. The number of fused-ring (bicyclic) bond motifs is 2. The summed E-state index contributed by atoms with van der Waals surface area (Å²) in [6.07, 6.45) is 3.39. The van der Waals surface area contributed by atoms with Gasteiger partial charge in [-0.1, -0.05) is 214 Å². The highest BCUT2D eigenvalue weighted by molar-refractivity contribution is 6.45. The molecule has 20 nitrogen and oxygen atoms in total. The van der Waals surface area contributed by atoms with Crippen LogP contribution in [-0.2, 0) is 59.8 Å². The van der Waals surface area contributed by atoms with Gasteiger partial charge in [0.25, 0.3) is 23.6 Å². The van der Waals surface area contributed by atoms with Gasteiger partial charge in [0.15, 0.2) is 0 Å². The average Bonchev–Trinajstić information content (AvgIpc) is 1.53. The van der Waals surface area contributed by atoms with E-state index in [9.17, 15) is 9.59 Å². The van der Waals surface area contributed by atoms with Crippen LogP contribution in [0.25, 0.3) is 43.1 Å². The van der Waals surface area contributed by atoms with Crippen LogP contribution in [0.2, 0.25) is 0 Å². The largest absolute Gasteiger partial charge is 0.463 e. The van der Waals surface area contributed by atoms with Crippen LogP contribution in [0, 0.1) is 21.7 Å². The summed E-state index contributed by atoms with van der Waals surface area (Å²) in [5.41, 5.74) is 2.73. The molecule has 2 saturated heterocycles. The number of rotatable bonds is 34. The lowest BCUT2D eigenvalue weighted by atomic mass is 9.72. The van der Waals surface area contributed by atoms with Crippen LogP contribution in [0.3, 0.4) is 0 Å². The number of epoxide rings is 2. The Morgan fingerprint density at radius 2 is 0.590 bits per heavy atom. The van der Waals surface area contributed by atoms with E-state index in [4.69, 9.17) is 37.9 Å². The number of imide groups is 2. The summed E-state index contributed by atoms with van der Waals surface area (Å²) in [5.74, 6) is -4.04. The molecular weight excluding hydrogens is 1540 g/mol. The van der Waals surface area contributed by atoms with Crippen molar-refractivity contribution in [2.45, 2.75) is 262 Å². The van der Waals surface area contributed by atoms with Crippen LogP contribution >= 0.6 is 0 Å². The van der Waals surface area contributed by atoms with E-state index < -0.39 is 59.5 Å². The van der Waals surface area contributed by atoms with Gasteiger partial charge in [-0.05, 0) is 177 Å². The number of nitrogens with one attached hydrogen (secondary N) is 2. The molecule has 4 heterocycles. The Bertz CT molecular complexity index is 4890. The number of nitrogens with zero attached hydrogens (tertiary/aromatic N) is 2. The summed E-state index contributed by atoms with van der Waals surface area (Å²) in [6.45, 7) is 48.7. The number of carbonyl (C=O) groups is 8. The summed E-state index contributed by atoms with van der Waals surface area (Å²) >= 11 is 0. The number of amides is 6. The molecule has 13 rings (SSSR count). The SMILES string of the molecule is CCCC(C(=O)NCCC(=O)OCC1CO1)N1C(=O)c2cc(Oc3ccc(C(C)(C)CC(C)(C)C)cc3)c3c4c(Oc5ccc(C(C)(C)CC(C)(C)C)cc5)cc5c6c(cc(Oc7ccc(C(C)(C)CC(C)(C)C)cc7)c(c7c(Oc8ccc(C(C)(C)CC(C)(C)C)cc8)cc(c2c37)C1=O)c64)C(=O)N(C(CCC)C(=O)NCCC(=O)OCC1CO1)C5=O. The maximum absolute atomic E-state index is 16.6. The van der Waals surface area contributed by atoms with Crippen molar-refractivity contribution >= 4 is 90.5 Å². The van der Waals surface area contributed by atoms with Crippen LogP contribution in [0.1, 0.15) is 280 Å². The fourth-order valence-electron chi connectivity index (χ4n) is 19.5. The van der Waals surface area contributed by atoms with E-state index >= 15 is 28.8 Å². The van der Waals surface area contributed by atoms with E-state index in [2.05, 4.69) is 149 Å². The molecule has 20 heteroatoms. The predicted octanol–water partition coefficient (Wildman–Crippen LogP) is 22.2. The second kappa shape index (κ2) is 34.0. The monoisotopic (exact) mass is 1660 g/mol. The molecule has 4 unspecified atom stereocenters.